The summed E-state index contributed by atoms with van der Waals surface area (Å²) in [6.45, 7) is 1.87. The van der Waals surface area contributed by atoms with Gasteiger partial charge in [0.05, 0.1) is 24.1 Å². The van der Waals surface area contributed by atoms with Gasteiger partial charge < -0.3 is 4.74 Å². The Morgan fingerprint density at radius 2 is 1.75 bits per heavy atom. The average Bonchev–Trinajstić information content (AvgIpc) is 3.40. The summed E-state index contributed by atoms with van der Waals surface area (Å²) in [5.41, 5.74) is 1.30. The van der Waals surface area contributed by atoms with Gasteiger partial charge in [0.1, 0.15) is 11.8 Å². The number of carbonyl (C=O) groups is 2. The van der Waals surface area contributed by atoms with Crippen LogP contribution in [-0.4, -0.2) is 37.7 Å². The molecule has 4 rings (SSSR count). The van der Waals surface area contributed by atoms with Crippen molar-refractivity contribution in [2.75, 3.05) is 12.0 Å². The molecule has 0 bridgehead atoms. The van der Waals surface area contributed by atoms with Crippen molar-refractivity contribution in [2.45, 2.75) is 30.8 Å². The maximum absolute atomic E-state index is 13.6. The Bertz CT molecular complexity index is 1220. The Kier molecular flexibility index (Phi) is 6.14. The molecule has 1 aliphatic heterocycles. The lowest BCUT2D eigenvalue weighted by Gasteiger charge is -2.26. The quantitative estimate of drug-likeness (QED) is 0.493. The van der Waals surface area contributed by atoms with Gasteiger partial charge in [-0.1, -0.05) is 23.8 Å². The largest absolute Gasteiger partial charge is 0.497 e. The van der Waals surface area contributed by atoms with Crippen molar-refractivity contribution in [3.05, 3.63) is 76.5 Å². The van der Waals surface area contributed by atoms with E-state index in [9.17, 15) is 18.0 Å². The Morgan fingerprint density at radius 3 is 2.34 bits per heavy atom. The molecule has 2 aromatic carbocycles. The minimum absolute atomic E-state index is 0.00795. The molecule has 2 heterocycles. The van der Waals surface area contributed by atoms with Crippen molar-refractivity contribution in [1.29, 1.82) is 0 Å². The second kappa shape index (κ2) is 8.85. The van der Waals surface area contributed by atoms with Crippen molar-refractivity contribution in [3.8, 4) is 5.75 Å². The number of amides is 2. The number of benzene rings is 2. The fourth-order valence-corrected chi connectivity index (χ4v) is 5.95. The molecular weight excluding hydrogens is 448 g/mol. The van der Waals surface area contributed by atoms with Gasteiger partial charge in [0, 0.05) is 11.4 Å². The summed E-state index contributed by atoms with van der Waals surface area (Å²) in [4.78, 5) is 28.1. The zero-order valence-corrected chi connectivity index (χ0v) is 19.2. The fourth-order valence-electron chi connectivity index (χ4n) is 3.61. The summed E-state index contributed by atoms with van der Waals surface area (Å²) in [6.07, 6.45) is -0.221. The highest BCUT2D eigenvalue weighted by Gasteiger charge is 2.47. The van der Waals surface area contributed by atoms with Crippen LogP contribution in [0.3, 0.4) is 0 Å². The number of hydrogen-bond acceptors (Lipinski definition) is 6. The van der Waals surface area contributed by atoms with Gasteiger partial charge in [-0.15, -0.1) is 11.3 Å². The van der Waals surface area contributed by atoms with Crippen molar-refractivity contribution < 1.29 is 22.7 Å². The van der Waals surface area contributed by atoms with E-state index in [0.717, 1.165) is 19.6 Å². The van der Waals surface area contributed by atoms with Gasteiger partial charge in [0.25, 0.3) is 5.91 Å². The van der Waals surface area contributed by atoms with Gasteiger partial charge in [-0.25, -0.2) is 13.3 Å². The van der Waals surface area contributed by atoms with Crippen LogP contribution in [0.1, 0.15) is 16.9 Å². The number of rotatable bonds is 7. The van der Waals surface area contributed by atoms with Gasteiger partial charge in [0.15, 0.2) is 0 Å². The first-order valence-corrected chi connectivity index (χ1v) is 12.2. The topological polar surface area (TPSA) is 84.0 Å². The molecule has 1 unspecified atom stereocenters. The minimum Gasteiger partial charge on any atom is -0.497 e. The van der Waals surface area contributed by atoms with Crippen LogP contribution in [0, 0.1) is 6.92 Å². The summed E-state index contributed by atoms with van der Waals surface area (Å²) in [5.74, 6) is -0.418. The fraction of sp³-hybridized carbons (Fsp3) is 0.217. The molecule has 0 radical (unpaired) electrons. The molecule has 0 N–H and O–H groups in total. The van der Waals surface area contributed by atoms with Gasteiger partial charge in [-0.05, 0) is 54.8 Å². The predicted molar refractivity (Wildman–Crippen MR) is 122 cm³/mol. The summed E-state index contributed by atoms with van der Waals surface area (Å²) >= 11 is 1.40. The first-order valence-electron chi connectivity index (χ1n) is 9.93. The summed E-state index contributed by atoms with van der Waals surface area (Å²) < 4.78 is 33.4. The lowest BCUT2D eigenvalue weighted by atomic mass is 10.2. The average molecular weight is 471 g/mol. The molecule has 7 nitrogen and oxygen atoms in total. The third kappa shape index (κ3) is 4.19. The number of hydrogen-bond donors (Lipinski definition) is 0. The molecule has 166 valence electrons. The standard InChI is InChI=1S/C23H22N2O5S2/c1-16-5-11-20(12-6-16)32(28,29)24(15-19-4-3-13-31-19)21-14-22(26)25(23(21)27)17-7-9-18(30-2)10-8-17/h3-13,21H,14-15H2,1-2H3. The highest BCUT2D eigenvalue weighted by Crippen LogP contribution is 2.32. The number of methoxy groups -OCH3 is 1. The smallest absolute Gasteiger partial charge is 0.252 e. The van der Waals surface area contributed by atoms with Crippen LogP contribution >= 0.6 is 11.3 Å². The second-order valence-electron chi connectivity index (χ2n) is 7.43. The Hall–Kier alpha value is -3.01. The molecule has 1 fully saturated rings. The molecule has 0 spiro atoms. The number of nitrogens with zero attached hydrogens (tertiary/aromatic N) is 2. The molecule has 3 aromatic rings. The van der Waals surface area contributed by atoms with Crippen molar-refractivity contribution in [2.24, 2.45) is 0 Å². The highest BCUT2D eigenvalue weighted by molar-refractivity contribution is 7.89. The SMILES string of the molecule is COc1ccc(N2C(=O)CC(N(Cc3cccs3)S(=O)(=O)c3ccc(C)cc3)C2=O)cc1. The number of ether oxygens (including phenoxy) is 1. The molecular formula is C23H22N2O5S2. The number of sulfonamides is 1. The normalized spacial score (nSPS) is 16.7. The third-order valence-corrected chi connectivity index (χ3v) is 8.05. The van der Waals surface area contributed by atoms with Crippen molar-refractivity contribution in [1.82, 2.24) is 4.31 Å². The molecule has 0 saturated carbocycles. The number of imide groups is 1. The Balaban J connectivity index is 1.71. The number of aryl methyl sites for hydroxylation is 1. The van der Waals surface area contributed by atoms with E-state index in [0.29, 0.717) is 11.4 Å². The summed E-state index contributed by atoms with van der Waals surface area (Å²) in [5, 5.41) is 1.84. The van der Waals surface area contributed by atoms with Crippen LogP contribution in [0.2, 0.25) is 0 Å². The van der Waals surface area contributed by atoms with Crippen LogP contribution in [-0.2, 0) is 26.2 Å². The highest BCUT2D eigenvalue weighted by atomic mass is 32.2. The van der Waals surface area contributed by atoms with Crippen molar-refractivity contribution >= 4 is 38.9 Å². The number of thiophene rings is 1. The molecule has 9 heteroatoms. The lowest BCUT2D eigenvalue weighted by Crippen LogP contribution is -2.44. The van der Waals surface area contributed by atoms with E-state index in [1.165, 1.54) is 30.6 Å². The number of carbonyl (C=O) groups excluding carboxylic acids is 2. The first kappa shape index (κ1) is 22.2. The van der Waals surface area contributed by atoms with Crippen LogP contribution in [0.15, 0.2) is 70.9 Å². The van der Waals surface area contributed by atoms with Crippen molar-refractivity contribution in [3.63, 3.8) is 0 Å². The van der Waals surface area contributed by atoms with Crippen LogP contribution in [0.5, 0.6) is 5.75 Å². The second-order valence-corrected chi connectivity index (χ2v) is 10.4. The van der Waals surface area contributed by atoms with Gasteiger partial charge >= 0.3 is 0 Å². The van der Waals surface area contributed by atoms with E-state index < -0.39 is 27.9 Å². The molecule has 2 amide bonds. The maximum atomic E-state index is 13.6. The van der Waals surface area contributed by atoms with Gasteiger partial charge in [-0.3, -0.25) is 9.59 Å². The van der Waals surface area contributed by atoms with Gasteiger partial charge in [0.2, 0.25) is 15.9 Å². The summed E-state index contributed by atoms with van der Waals surface area (Å²) in [6, 6.07) is 15.5. The molecule has 1 aliphatic rings. The summed E-state index contributed by atoms with van der Waals surface area (Å²) in [7, 11) is -2.51. The lowest BCUT2D eigenvalue weighted by molar-refractivity contribution is -0.122. The Labute approximate surface area is 190 Å². The van der Waals surface area contributed by atoms with E-state index in [1.807, 2.05) is 24.4 Å². The third-order valence-electron chi connectivity index (χ3n) is 5.32. The van der Waals surface area contributed by atoms with E-state index >= 15 is 0 Å². The zero-order chi connectivity index (χ0) is 22.9. The molecule has 32 heavy (non-hydrogen) atoms. The van der Waals surface area contributed by atoms with Crippen LogP contribution in [0.4, 0.5) is 5.69 Å². The Morgan fingerprint density at radius 1 is 1.06 bits per heavy atom. The monoisotopic (exact) mass is 470 g/mol. The molecule has 1 aromatic heterocycles. The van der Waals surface area contributed by atoms with E-state index in [1.54, 1.807) is 36.4 Å². The first-order chi connectivity index (χ1) is 15.3. The predicted octanol–water partition coefficient (Wildman–Crippen LogP) is 3.59. The molecule has 1 saturated heterocycles. The molecule has 0 aliphatic carbocycles. The van der Waals surface area contributed by atoms with Crippen LogP contribution in [0.25, 0.3) is 0 Å². The zero-order valence-electron chi connectivity index (χ0n) is 17.6. The van der Waals surface area contributed by atoms with E-state index in [4.69, 9.17) is 4.74 Å². The number of anilines is 1. The van der Waals surface area contributed by atoms with E-state index in [2.05, 4.69) is 0 Å². The molecule has 1 atom stereocenters. The van der Waals surface area contributed by atoms with Crippen LogP contribution < -0.4 is 9.64 Å². The van der Waals surface area contributed by atoms with Gasteiger partial charge in [-0.2, -0.15) is 4.31 Å². The minimum atomic E-state index is -4.03. The van der Waals surface area contributed by atoms with E-state index in [-0.39, 0.29) is 17.9 Å². The maximum Gasteiger partial charge on any atom is 0.252 e.